The van der Waals surface area contributed by atoms with E-state index < -0.39 is 58.7 Å². The van der Waals surface area contributed by atoms with Gasteiger partial charge in [0.25, 0.3) is 0 Å². The summed E-state index contributed by atoms with van der Waals surface area (Å²) < 4.78 is 42.8. The molecule has 3 N–H and O–H groups in total. The van der Waals surface area contributed by atoms with Crippen LogP contribution in [0.25, 0.3) is 0 Å². The Morgan fingerprint density at radius 1 is 0.795 bits per heavy atom. The van der Waals surface area contributed by atoms with Crippen LogP contribution >= 0.6 is 17.0 Å². The predicted octanol–water partition coefficient (Wildman–Crippen LogP) is 6.88. The van der Waals surface area contributed by atoms with Gasteiger partial charge in [0.15, 0.2) is 6.04 Å². The average Bonchev–Trinajstić information content (AvgIpc) is 2.80. The number of hydrogen-bond acceptors (Lipinski definition) is 7. The summed E-state index contributed by atoms with van der Waals surface area (Å²) in [6, 6.07) is 9.53. The van der Waals surface area contributed by atoms with Crippen LogP contribution in [-0.2, 0) is 19.0 Å². The van der Waals surface area contributed by atoms with Gasteiger partial charge in [-0.25, -0.2) is 23.2 Å². The summed E-state index contributed by atoms with van der Waals surface area (Å²) in [5, 5.41) is 15.0. The van der Waals surface area contributed by atoms with Crippen molar-refractivity contribution in [2.45, 2.75) is 91.2 Å². The van der Waals surface area contributed by atoms with Crippen LogP contribution in [0.3, 0.4) is 0 Å². The molecule has 0 saturated carbocycles. The average molecular weight is 702 g/mol. The second-order valence-corrected chi connectivity index (χ2v) is 11.6. The second kappa shape index (κ2) is 19.8. The normalized spacial score (nSPS) is 12.2. The van der Waals surface area contributed by atoms with Crippen LogP contribution in [0.2, 0.25) is 0 Å². The van der Waals surface area contributed by atoms with Crippen molar-refractivity contribution < 1.29 is 43.9 Å². The molecule has 2 amide bonds. The third-order valence-electron chi connectivity index (χ3n) is 4.98. The van der Waals surface area contributed by atoms with Gasteiger partial charge in [-0.3, -0.25) is 0 Å². The first-order chi connectivity index (χ1) is 18.7. The minimum Gasteiger partial charge on any atom is -1.00 e. The number of alkyl carbamates (subject to hydrolysis) is 2. The molecule has 0 radical (unpaired) electrons. The Morgan fingerprint density at radius 3 is 1.55 bits per heavy atom. The summed E-state index contributed by atoms with van der Waals surface area (Å²) in [5.41, 5.74) is -2.48. The number of carbonyl (C=O) groups excluding carboxylic acids is 3. The Kier molecular flexibility index (Phi) is 20.7. The molecule has 2 atom stereocenters. The van der Waals surface area contributed by atoms with Crippen LogP contribution in [-0.4, -0.2) is 69.7 Å². The van der Waals surface area contributed by atoms with Gasteiger partial charge in [0.05, 0.1) is 18.2 Å². The number of esters is 1. The van der Waals surface area contributed by atoms with Crippen molar-refractivity contribution in [2.75, 3.05) is 6.61 Å². The maximum Gasteiger partial charge on any atom is 2.00 e. The monoisotopic (exact) mass is 700 g/mol. The number of carbonyl (C=O) groups is 3. The SMILES string of the molecule is Br.CC(C)(C)OC(=O)NC(c1ccccc1F)C(C)(C)O.CCOC(=O)C(NC(=O)OC(C)(C)C)c1ccccc1F.[CH3-].[H-].[Mg+2]. The second-order valence-electron chi connectivity index (χ2n) is 11.6. The first kappa shape index (κ1) is 45.9. The van der Waals surface area contributed by atoms with Gasteiger partial charge in [0.2, 0.25) is 0 Å². The molecule has 0 bridgehead atoms. The van der Waals surface area contributed by atoms with Gasteiger partial charge >= 0.3 is 41.2 Å². The molecule has 0 saturated heterocycles. The molecule has 2 aromatic rings. The van der Waals surface area contributed by atoms with E-state index in [2.05, 4.69) is 10.6 Å². The van der Waals surface area contributed by atoms with Crippen molar-refractivity contribution in [1.29, 1.82) is 0 Å². The number of aliphatic hydroxyl groups is 1. The zero-order valence-corrected chi connectivity index (χ0v) is 30.4. The summed E-state index contributed by atoms with van der Waals surface area (Å²) in [6.45, 7) is 15.0. The number of ether oxygens (including phenoxy) is 3. The summed E-state index contributed by atoms with van der Waals surface area (Å²) in [7, 11) is 0. The Labute approximate surface area is 288 Å². The largest absolute Gasteiger partial charge is 2.00 e. The van der Waals surface area contributed by atoms with Crippen molar-refractivity contribution in [2.24, 2.45) is 0 Å². The van der Waals surface area contributed by atoms with Gasteiger partial charge in [-0.15, -0.1) is 17.0 Å². The summed E-state index contributed by atoms with van der Waals surface area (Å²) in [6.07, 6.45) is -1.52. The molecule has 0 spiro atoms. The number of benzene rings is 2. The summed E-state index contributed by atoms with van der Waals surface area (Å²) in [5.74, 6) is -1.84. The smallest absolute Gasteiger partial charge is 1.00 e. The van der Waals surface area contributed by atoms with E-state index in [0.29, 0.717) is 0 Å². The Hall–Kier alpha value is -2.48. The molecule has 9 nitrogen and oxygen atoms in total. The van der Waals surface area contributed by atoms with Crippen LogP contribution < -0.4 is 10.6 Å². The Bertz CT molecular complexity index is 1190. The minimum absolute atomic E-state index is 0. The maximum atomic E-state index is 13.9. The molecule has 0 fully saturated rings. The van der Waals surface area contributed by atoms with E-state index in [-0.39, 0.29) is 66.6 Å². The van der Waals surface area contributed by atoms with Crippen molar-refractivity contribution in [1.82, 2.24) is 10.6 Å². The van der Waals surface area contributed by atoms with E-state index in [9.17, 15) is 28.3 Å². The van der Waals surface area contributed by atoms with Crippen LogP contribution in [0.15, 0.2) is 48.5 Å². The molecule has 2 rings (SSSR count). The molecule has 0 aliphatic rings. The number of halogens is 3. The molecule has 2 unspecified atom stereocenters. The standard InChI is InChI=1S/C15H20FNO4.C15H22FNO3.CH3.BrH.Mg.H/c1-5-20-13(18)12(10-8-6-7-9-11(10)16)17-14(19)21-15(2,3)4;1-14(2,3)20-13(18)17-12(15(4,5)19)10-8-6-7-9-11(10)16;;;;/h6-9,12H,5H2,1-4H3,(H,17,19);6-9,12,19H,1-5H3,(H,17,18);1H3;1H;;/q;;-1;;+2;-1. The van der Waals surface area contributed by atoms with Gasteiger partial charge in [0.1, 0.15) is 22.8 Å². The van der Waals surface area contributed by atoms with Crippen molar-refractivity contribution in [3.05, 3.63) is 78.7 Å². The first-order valence-corrected chi connectivity index (χ1v) is 13.1. The van der Waals surface area contributed by atoms with Crippen LogP contribution in [0.1, 0.15) is 87.0 Å². The third kappa shape index (κ3) is 17.1. The van der Waals surface area contributed by atoms with Crippen molar-refractivity contribution >= 4 is 58.2 Å². The van der Waals surface area contributed by atoms with Gasteiger partial charge in [-0.2, -0.15) is 0 Å². The van der Waals surface area contributed by atoms with Gasteiger partial charge < -0.3 is 38.8 Å². The van der Waals surface area contributed by atoms with Crippen molar-refractivity contribution in [3.8, 4) is 0 Å². The van der Waals surface area contributed by atoms with E-state index in [1.165, 1.54) is 44.2 Å². The molecular weight excluding hydrogens is 655 g/mol. The molecule has 0 heterocycles. The number of amides is 2. The number of hydrogen-bond donors (Lipinski definition) is 3. The fraction of sp³-hybridized carbons (Fsp3) is 0.484. The predicted molar refractivity (Wildman–Crippen MR) is 174 cm³/mol. The van der Waals surface area contributed by atoms with E-state index in [1.807, 2.05) is 0 Å². The molecule has 0 aliphatic heterocycles. The molecular formula is C31H47BrF2MgN2O7. The molecule has 2 aromatic carbocycles. The van der Waals surface area contributed by atoms with Crippen molar-refractivity contribution in [3.63, 3.8) is 0 Å². The quantitative estimate of drug-likeness (QED) is 0.125. The molecule has 246 valence electrons. The maximum absolute atomic E-state index is 13.9. The molecule has 13 heteroatoms. The van der Waals surface area contributed by atoms with E-state index in [1.54, 1.807) is 66.7 Å². The fourth-order valence-corrected chi connectivity index (χ4v) is 3.39. The number of rotatable bonds is 7. The molecule has 0 aliphatic carbocycles. The summed E-state index contributed by atoms with van der Waals surface area (Å²) in [4.78, 5) is 35.6. The third-order valence-corrected chi connectivity index (χ3v) is 4.98. The number of nitrogens with one attached hydrogen (secondary N) is 2. The van der Waals surface area contributed by atoms with E-state index >= 15 is 0 Å². The fourth-order valence-electron chi connectivity index (χ4n) is 3.39. The van der Waals surface area contributed by atoms with Gasteiger partial charge in [0, 0.05) is 11.1 Å². The minimum atomic E-state index is -1.33. The zero-order valence-electron chi connectivity index (χ0n) is 28.2. The van der Waals surface area contributed by atoms with E-state index in [4.69, 9.17) is 14.2 Å². The molecule has 44 heavy (non-hydrogen) atoms. The van der Waals surface area contributed by atoms with Crippen LogP contribution in [0.5, 0.6) is 0 Å². The van der Waals surface area contributed by atoms with E-state index in [0.717, 1.165) is 0 Å². The van der Waals surface area contributed by atoms with Gasteiger partial charge in [-0.05, 0) is 74.4 Å². The Morgan fingerprint density at radius 2 is 1.18 bits per heavy atom. The Balaban J connectivity index is -0.000000343. The summed E-state index contributed by atoms with van der Waals surface area (Å²) >= 11 is 0. The van der Waals surface area contributed by atoms with Crippen LogP contribution in [0.4, 0.5) is 18.4 Å². The topological polar surface area (TPSA) is 123 Å². The molecule has 0 aromatic heterocycles. The first-order valence-electron chi connectivity index (χ1n) is 13.1. The van der Waals surface area contributed by atoms with Gasteiger partial charge in [-0.1, -0.05) is 36.4 Å². The zero-order chi connectivity index (χ0) is 31.6. The van der Waals surface area contributed by atoms with Crippen LogP contribution in [0, 0.1) is 19.1 Å².